The number of phenols is 2. The summed E-state index contributed by atoms with van der Waals surface area (Å²) in [5.74, 6) is 0.166. The standard InChI is InChI=1S/C20H24N2O7/c1-2-11-27-18(12-28-19(25)21-14-3-7-16(23)8-4-14)13-29-20(26)22-15-5-9-17(24)10-6-15/h3-10,18,23-24H,2,11-13H2,1H3,(H,21,25)(H,22,26). The molecule has 0 aliphatic rings. The van der Waals surface area contributed by atoms with Crippen LogP contribution in [-0.2, 0) is 14.2 Å². The summed E-state index contributed by atoms with van der Waals surface area (Å²) in [7, 11) is 0. The average Bonchev–Trinajstić information content (AvgIpc) is 2.71. The Morgan fingerprint density at radius 1 is 0.828 bits per heavy atom. The monoisotopic (exact) mass is 404 g/mol. The van der Waals surface area contributed by atoms with Crippen molar-refractivity contribution in [3.05, 3.63) is 48.5 Å². The highest BCUT2D eigenvalue weighted by Crippen LogP contribution is 2.15. The van der Waals surface area contributed by atoms with Gasteiger partial charge in [-0.25, -0.2) is 9.59 Å². The fourth-order valence-electron chi connectivity index (χ4n) is 2.16. The van der Waals surface area contributed by atoms with Gasteiger partial charge >= 0.3 is 12.2 Å². The second-order valence-electron chi connectivity index (χ2n) is 6.03. The van der Waals surface area contributed by atoms with Crippen LogP contribution in [0.1, 0.15) is 13.3 Å². The summed E-state index contributed by atoms with van der Waals surface area (Å²) in [4.78, 5) is 23.8. The second-order valence-corrected chi connectivity index (χ2v) is 6.03. The van der Waals surface area contributed by atoms with Gasteiger partial charge in [0.25, 0.3) is 0 Å². The van der Waals surface area contributed by atoms with Gasteiger partial charge in [0.1, 0.15) is 30.8 Å². The summed E-state index contributed by atoms with van der Waals surface area (Å²) in [5.41, 5.74) is 0.923. The fraction of sp³-hybridized carbons (Fsp3) is 0.300. The first kappa shape index (κ1) is 21.8. The second kappa shape index (κ2) is 11.4. The zero-order valence-corrected chi connectivity index (χ0v) is 16.0. The Hall–Kier alpha value is -3.46. The molecule has 2 rings (SSSR count). The predicted octanol–water partition coefficient (Wildman–Crippen LogP) is 3.69. The molecule has 29 heavy (non-hydrogen) atoms. The summed E-state index contributed by atoms with van der Waals surface area (Å²) >= 11 is 0. The molecule has 9 heteroatoms. The summed E-state index contributed by atoms with van der Waals surface area (Å²) in [6.45, 7) is 2.11. The molecule has 0 aromatic heterocycles. The topological polar surface area (TPSA) is 126 Å². The number of ether oxygens (including phenoxy) is 3. The Balaban J connectivity index is 1.78. The van der Waals surface area contributed by atoms with E-state index < -0.39 is 18.3 Å². The average molecular weight is 404 g/mol. The van der Waals surface area contributed by atoms with E-state index in [1.54, 1.807) is 0 Å². The molecule has 0 radical (unpaired) electrons. The lowest BCUT2D eigenvalue weighted by molar-refractivity contribution is -0.0247. The van der Waals surface area contributed by atoms with Gasteiger partial charge in [0, 0.05) is 18.0 Å². The van der Waals surface area contributed by atoms with E-state index in [0.29, 0.717) is 18.0 Å². The van der Waals surface area contributed by atoms with E-state index in [1.165, 1.54) is 48.5 Å². The Morgan fingerprint density at radius 3 is 1.62 bits per heavy atom. The van der Waals surface area contributed by atoms with Gasteiger partial charge in [-0.05, 0) is 55.0 Å². The maximum atomic E-state index is 11.9. The van der Waals surface area contributed by atoms with Gasteiger partial charge in [0.15, 0.2) is 0 Å². The third-order valence-corrected chi connectivity index (χ3v) is 3.59. The van der Waals surface area contributed by atoms with E-state index in [1.807, 2.05) is 6.92 Å². The summed E-state index contributed by atoms with van der Waals surface area (Å²) in [5, 5.41) is 23.5. The number of aromatic hydroxyl groups is 2. The molecular formula is C20H24N2O7. The third-order valence-electron chi connectivity index (χ3n) is 3.59. The molecular weight excluding hydrogens is 380 g/mol. The molecule has 4 N–H and O–H groups in total. The fourth-order valence-corrected chi connectivity index (χ4v) is 2.16. The smallest absolute Gasteiger partial charge is 0.411 e. The van der Waals surface area contributed by atoms with Crippen molar-refractivity contribution in [2.24, 2.45) is 0 Å². The van der Waals surface area contributed by atoms with E-state index in [0.717, 1.165) is 6.42 Å². The van der Waals surface area contributed by atoms with E-state index in [9.17, 15) is 19.8 Å². The molecule has 0 aliphatic heterocycles. The molecule has 0 atom stereocenters. The van der Waals surface area contributed by atoms with Crippen molar-refractivity contribution in [3.63, 3.8) is 0 Å². The van der Waals surface area contributed by atoms with Crippen LogP contribution in [0.2, 0.25) is 0 Å². The lowest BCUT2D eigenvalue weighted by Crippen LogP contribution is -2.31. The van der Waals surface area contributed by atoms with Crippen LogP contribution in [0, 0.1) is 0 Å². The molecule has 0 bridgehead atoms. The largest absolute Gasteiger partial charge is 0.508 e. The first-order valence-electron chi connectivity index (χ1n) is 9.03. The quantitative estimate of drug-likeness (QED) is 0.470. The predicted molar refractivity (Wildman–Crippen MR) is 106 cm³/mol. The van der Waals surface area contributed by atoms with E-state index in [-0.39, 0.29) is 24.7 Å². The number of hydrogen-bond acceptors (Lipinski definition) is 7. The van der Waals surface area contributed by atoms with Gasteiger partial charge in [0.05, 0.1) is 0 Å². The zero-order chi connectivity index (χ0) is 21.1. The highest BCUT2D eigenvalue weighted by Gasteiger charge is 2.16. The molecule has 156 valence electrons. The van der Waals surface area contributed by atoms with Gasteiger partial charge in [-0.2, -0.15) is 0 Å². The van der Waals surface area contributed by atoms with Crippen LogP contribution in [0.4, 0.5) is 21.0 Å². The van der Waals surface area contributed by atoms with Crippen molar-refractivity contribution < 1.29 is 34.0 Å². The molecule has 2 aromatic rings. The van der Waals surface area contributed by atoms with Gasteiger partial charge in [-0.1, -0.05) is 6.92 Å². The lowest BCUT2D eigenvalue weighted by atomic mass is 10.3. The maximum absolute atomic E-state index is 11.9. The van der Waals surface area contributed by atoms with Crippen molar-refractivity contribution in [2.45, 2.75) is 19.4 Å². The highest BCUT2D eigenvalue weighted by atomic mass is 16.6. The minimum absolute atomic E-state index is 0.0830. The van der Waals surface area contributed by atoms with E-state index in [2.05, 4.69) is 10.6 Å². The van der Waals surface area contributed by atoms with Crippen LogP contribution in [0.5, 0.6) is 11.5 Å². The lowest BCUT2D eigenvalue weighted by Gasteiger charge is -2.18. The van der Waals surface area contributed by atoms with Crippen molar-refractivity contribution >= 4 is 23.6 Å². The van der Waals surface area contributed by atoms with Crippen molar-refractivity contribution in [1.82, 2.24) is 0 Å². The third kappa shape index (κ3) is 8.39. The Kier molecular flexibility index (Phi) is 8.58. The number of carbonyl (C=O) groups excluding carboxylic acids is 2. The number of benzene rings is 2. The number of carbonyl (C=O) groups is 2. The molecule has 0 fully saturated rings. The maximum Gasteiger partial charge on any atom is 0.411 e. The van der Waals surface area contributed by atoms with Gasteiger partial charge in [-0.3, -0.25) is 10.6 Å². The number of anilines is 2. The molecule has 2 amide bonds. The summed E-state index contributed by atoms with van der Waals surface area (Å²) < 4.78 is 15.8. The van der Waals surface area contributed by atoms with Gasteiger partial charge in [-0.15, -0.1) is 0 Å². The van der Waals surface area contributed by atoms with Crippen LogP contribution in [0.25, 0.3) is 0 Å². The van der Waals surface area contributed by atoms with Gasteiger partial charge < -0.3 is 24.4 Å². The zero-order valence-electron chi connectivity index (χ0n) is 16.0. The van der Waals surface area contributed by atoms with E-state index in [4.69, 9.17) is 14.2 Å². The molecule has 9 nitrogen and oxygen atoms in total. The van der Waals surface area contributed by atoms with Crippen LogP contribution < -0.4 is 10.6 Å². The summed E-state index contributed by atoms with van der Waals surface area (Å²) in [6.07, 6.45) is -1.29. The molecule has 0 saturated carbocycles. The normalized spacial score (nSPS) is 10.4. The minimum Gasteiger partial charge on any atom is -0.508 e. The minimum atomic E-state index is -0.700. The molecule has 0 unspecified atom stereocenters. The number of nitrogens with one attached hydrogen (secondary N) is 2. The van der Waals surface area contributed by atoms with E-state index >= 15 is 0 Å². The first-order chi connectivity index (χ1) is 14.0. The molecule has 0 aliphatic carbocycles. The number of rotatable bonds is 9. The number of amides is 2. The Bertz CT molecular complexity index is 715. The molecule has 0 heterocycles. The Morgan fingerprint density at radius 2 is 1.24 bits per heavy atom. The van der Waals surface area contributed by atoms with Crippen LogP contribution in [-0.4, -0.2) is 48.3 Å². The van der Waals surface area contributed by atoms with Gasteiger partial charge in [0.2, 0.25) is 0 Å². The highest BCUT2D eigenvalue weighted by molar-refractivity contribution is 5.85. The van der Waals surface area contributed by atoms with Crippen LogP contribution in [0.15, 0.2) is 48.5 Å². The van der Waals surface area contributed by atoms with Crippen LogP contribution in [0.3, 0.4) is 0 Å². The molecule has 2 aromatic carbocycles. The first-order valence-corrected chi connectivity index (χ1v) is 9.03. The van der Waals surface area contributed by atoms with Crippen molar-refractivity contribution in [2.75, 3.05) is 30.5 Å². The SMILES string of the molecule is CCCOC(COC(=O)Nc1ccc(O)cc1)COC(=O)Nc1ccc(O)cc1. The number of phenolic OH excluding ortho intramolecular Hbond substituents is 2. The molecule has 0 spiro atoms. The Labute approximate surface area is 168 Å². The number of hydrogen-bond donors (Lipinski definition) is 4. The summed E-state index contributed by atoms with van der Waals surface area (Å²) in [6, 6.07) is 11.8. The van der Waals surface area contributed by atoms with Crippen LogP contribution >= 0.6 is 0 Å². The van der Waals surface area contributed by atoms with Crippen molar-refractivity contribution in [1.29, 1.82) is 0 Å². The molecule has 0 saturated heterocycles. The van der Waals surface area contributed by atoms with Crippen molar-refractivity contribution in [3.8, 4) is 11.5 Å².